The van der Waals surface area contributed by atoms with Crippen LogP contribution < -0.4 is 16.2 Å². The second-order valence-corrected chi connectivity index (χ2v) is 3.90. The summed E-state index contributed by atoms with van der Waals surface area (Å²) in [6.07, 6.45) is 0. The highest BCUT2D eigenvalue weighted by molar-refractivity contribution is 5.83. The molecule has 0 radical (unpaired) electrons. The predicted molar refractivity (Wildman–Crippen MR) is 65.5 cm³/mol. The van der Waals surface area contributed by atoms with Gasteiger partial charge in [0.1, 0.15) is 5.75 Å². The van der Waals surface area contributed by atoms with Crippen molar-refractivity contribution < 1.29 is 4.74 Å². The van der Waals surface area contributed by atoms with Crippen molar-refractivity contribution in [3.8, 4) is 5.75 Å². The van der Waals surface area contributed by atoms with Crippen molar-refractivity contribution >= 4 is 10.9 Å². The minimum atomic E-state index is -0.122. The van der Waals surface area contributed by atoms with E-state index in [0.29, 0.717) is 6.54 Å². The van der Waals surface area contributed by atoms with E-state index in [2.05, 4.69) is 10.6 Å². The lowest BCUT2D eigenvalue weighted by Crippen LogP contribution is -2.22. The summed E-state index contributed by atoms with van der Waals surface area (Å²) >= 11 is 0. The fraction of sp³-hybridized carbons (Fsp3) is 0.333. The Balaban J connectivity index is 2.58. The maximum absolute atomic E-state index is 5.95. The first kappa shape index (κ1) is 11.0. The maximum atomic E-state index is 5.95. The Morgan fingerprint density at radius 2 is 2.12 bits per heavy atom. The fourth-order valence-electron chi connectivity index (χ4n) is 1.95. The van der Waals surface area contributed by atoms with Gasteiger partial charge in [-0.25, -0.2) is 0 Å². The van der Waals surface area contributed by atoms with E-state index >= 15 is 0 Å². The molecule has 86 valence electrons. The number of aryl methyl sites for hydroxylation is 1. The number of nitrogens with two attached hydrogens (primary N) is 2. The molecule has 1 aromatic heterocycles. The molecule has 4 heteroatoms. The van der Waals surface area contributed by atoms with E-state index in [4.69, 9.17) is 16.2 Å². The first-order valence-electron chi connectivity index (χ1n) is 5.26. The van der Waals surface area contributed by atoms with Crippen molar-refractivity contribution in [1.82, 2.24) is 4.57 Å². The summed E-state index contributed by atoms with van der Waals surface area (Å²) in [5.41, 5.74) is 13.7. The van der Waals surface area contributed by atoms with Crippen LogP contribution in [-0.2, 0) is 7.05 Å². The summed E-state index contributed by atoms with van der Waals surface area (Å²) < 4.78 is 7.27. The molecule has 1 unspecified atom stereocenters. The zero-order valence-electron chi connectivity index (χ0n) is 9.60. The zero-order chi connectivity index (χ0) is 11.7. The summed E-state index contributed by atoms with van der Waals surface area (Å²) in [6.45, 7) is 0.446. The molecule has 1 atom stereocenters. The monoisotopic (exact) mass is 219 g/mol. The van der Waals surface area contributed by atoms with E-state index in [1.807, 2.05) is 25.2 Å². The summed E-state index contributed by atoms with van der Waals surface area (Å²) in [5, 5.41) is 1.13. The summed E-state index contributed by atoms with van der Waals surface area (Å²) in [7, 11) is 3.66. The summed E-state index contributed by atoms with van der Waals surface area (Å²) in [5.74, 6) is 0.853. The van der Waals surface area contributed by atoms with Crippen LogP contribution in [0.3, 0.4) is 0 Å². The average Bonchev–Trinajstić information content (AvgIpc) is 2.65. The van der Waals surface area contributed by atoms with Crippen LogP contribution >= 0.6 is 0 Å². The second kappa shape index (κ2) is 4.15. The number of aromatic nitrogens is 1. The van der Waals surface area contributed by atoms with Crippen LogP contribution in [0.5, 0.6) is 5.75 Å². The summed E-state index contributed by atoms with van der Waals surface area (Å²) in [6, 6.07) is 7.92. The Bertz CT molecular complexity index is 504. The number of fused-ring (bicyclic) bond motifs is 1. The molecule has 0 saturated heterocycles. The van der Waals surface area contributed by atoms with Crippen LogP contribution in [-0.4, -0.2) is 18.2 Å². The lowest BCUT2D eigenvalue weighted by atomic mass is 10.2. The highest BCUT2D eigenvalue weighted by Crippen LogP contribution is 2.25. The molecule has 0 aliphatic carbocycles. The van der Waals surface area contributed by atoms with Gasteiger partial charge in [0.2, 0.25) is 0 Å². The van der Waals surface area contributed by atoms with Gasteiger partial charge in [-0.15, -0.1) is 0 Å². The first-order valence-corrected chi connectivity index (χ1v) is 5.26. The molecule has 0 saturated carbocycles. The molecule has 1 heterocycles. The molecule has 0 bridgehead atoms. The minimum absolute atomic E-state index is 0.122. The quantitative estimate of drug-likeness (QED) is 0.813. The molecule has 2 aromatic rings. The van der Waals surface area contributed by atoms with Crippen molar-refractivity contribution in [3.05, 3.63) is 30.0 Å². The van der Waals surface area contributed by atoms with Crippen LogP contribution in [0.15, 0.2) is 24.3 Å². The molecule has 2 rings (SSSR count). The fourth-order valence-corrected chi connectivity index (χ4v) is 1.95. The molecule has 0 amide bonds. The van der Waals surface area contributed by atoms with Gasteiger partial charge in [-0.05, 0) is 24.3 Å². The molecule has 0 fully saturated rings. The van der Waals surface area contributed by atoms with Gasteiger partial charge in [0.05, 0.1) is 13.2 Å². The van der Waals surface area contributed by atoms with Gasteiger partial charge in [-0.1, -0.05) is 0 Å². The zero-order valence-corrected chi connectivity index (χ0v) is 9.60. The third-order valence-electron chi connectivity index (χ3n) is 2.92. The molecule has 4 N–H and O–H groups in total. The number of benzene rings is 1. The Hall–Kier alpha value is -1.52. The normalized spacial score (nSPS) is 13.0. The van der Waals surface area contributed by atoms with E-state index in [-0.39, 0.29) is 6.04 Å². The van der Waals surface area contributed by atoms with Gasteiger partial charge in [-0.2, -0.15) is 0 Å². The largest absolute Gasteiger partial charge is 0.497 e. The van der Waals surface area contributed by atoms with Crippen LogP contribution in [0.2, 0.25) is 0 Å². The van der Waals surface area contributed by atoms with E-state index in [9.17, 15) is 0 Å². The van der Waals surface area contributed by atoms with Crippen molar-refractivity contribution in [2.24, 2.45) is 18.5 Å². The third kappa shape index (κ3) is 1.66. The minimum Gasteiger partial charge on any atom is -0.497 e. The summed E-state index contributed by atoms with van der Waals surface area (Å²) in [4.78, 5) is 0. The molecule has 0 aliphatic rings. The first-order chi connectivity index (χ1) is 7.67. The number of hydrogen-bond donors (Lipinski definition) is 2. The molecule has 0 spiro atoms. The van der Waals surface area contributed by atoms with E-state index in [1.165, 1.54) is 0 Å². The molecule has 1 aromatic carbocycles. The van der Waals surface area contributed by atoms with Crippen molar-refractivity contribution in [3.63, 3.8) is 0 Å². The van der Waals surface area contributed by atoms with Crippen LogP contribution in [0.25, 0.3) is 10.9 Å². The van der Waals surface area contributed by atoms with Crippen LogP contribution in [0.4, 0.5) is 0 Å². The Morgan fingerprint density at radius 3 is 2.75 bits per heavy atom. The lowest BCUT2D eigenvalue weighted by Gasteiger charge is -2.10. The highest BCUT2D eigenvalue weighted by Gasteiger charge is 2.11. The SMILES string of the molecule is COc1ccc2c(c1)cc(C(N)CN)n2C. The molecule has 4 nitrogen and oxygen atoms in total. The van der Waals surface area contributed by atoms with Crippen LogP contribution in [0.1, 0.15) is 11.7 Å². The van der Waals surface area contributed by atoms with Gasteiger partial charge in [0.15, 0.2) is 0 Å². The topological polar surface area (TPSA) is 66.2 Å². The second-order valence-electron chi connectivity index (χ2n) is 3.90. The van der Waals surface area contributed by atoms with Gasteiger partial charge in [0, 0.05) is 30.2 Å². The number of nitrogens with zero attached hydrogens (tertiary/aromatic N) is 1. The standard InChI is InChI=1S/C12H17N3O/c1-15-11-4-3-9(16-2)5-8(11)6-12(15)10(14)7-13/h3-6,10H,7,13-14H2,1-2H3. The number of hydrogen-bond acceptors (Lipinski definition) is 3. The Labute approximate surface area is 94.8 Å². The Kier molecular flexibility index (Phi) is 2.85. The van der Waals surface area contributed by atoms with Gasteiger partial charge < -0.3 is 20.8 Å². The third-order valence-corrected chi connectivity index (χ3v) is 2.92. The molecule has 16 heavy (non-hydrogen) atoms. The molecular weight excluding hydrogens is 202 g/mol. The van der Waals surface area contributed by atoms with Crippen molar-refractivity contribution in [2.75, 3.05) is 13.7 Å². The predicted octanol–water partition coefficient (Wildman–Crippen LogP) is 1.15. The van der Waals surface area contributed by atoms with Crippen LogP contribution in [0, 0.1) is 0 Å². The number of rotatable bonds is 3. The maximum Gasteiger partial charge on any atom is 0.119 e. The van der Waals surface area contributed by atoms with Gasteiger partial charge >= 0.3 is 0 Å². The lowest BCUT2D eigenvalue weighted by molar-refractivity contribution is 0.415. The van der Waals surface area contributed by atoms with E-state index in [0.717, 1.165) is 22.3 Å². The number of methoxy groups -OCH3 is 1. The molecular formula is C12H17N3O. The van der Waals surface area contributed by atoms with E-state index < -0.39 is 0 Å². The van der Waals surface area contributed by atoms with Gasteiger partial charge in [0.25, 0.3) is 0 Å². The molecule has 0 aliphatic heterocycles. The van der Waals surface area contributed by atoms with Crippen molar-refractivity contribution in [1.29, 1.82) is 0 Å². The van der Waals surface area contributed by atoms with Gasteiger partial charge in [-0.3, -0.25) is 0 Å². The van der Waals surface area contributed by atoms with Crippen molar-refractivity contribution in [2.45, 2.75) is 6.04 Å². The Morgan fingerprint density at radius 1 is 1.38 bits per heavy atom. The number of ether oxygens (including phenoxy) is 1. The highest BCUT2D eigenvalue weighted by atomic mass is 16.5. The smallest absolute Gasteiger partial charge is 0.119 e. The average molecular weight is 219 g/mol. The van der Waals surface area contributed by atoms with E-state index in [1.54, 1.807) is 7.11 Å².